The number of nitrogens with zero attached hydrogens (tertiary/aromatic N) is 4. The van der Waals surface area contributed by atoms with E-state index < -0.39 is 0 Å². The number of aliphatic hydroxyl groups excluding tert-OH is 1. The Morgan fingerprint density at radius 2 is 2.28 bits per heavy atom. The van der Waals surface area contributed by atoms with Gasteiger partial charge in [-0.2, -0.15) is 5.10 Å². The Balaban J connectivity index is 1.54. The van der Waals surface area contributed by atoms with Gasteiger partial charge in [0.1, 0.15) is 0 Å². The topological polar surface area (TPSA) is 74.7 Å². The van der Waals surface area contributed by atoms with Gasteiger partial charge in [-0.05, 0) is 24.5 Å². The molecule has 7 nitrogen and oxygen atoms in total. The molecule has 7 heteroatoms. The average molecular weight is 346 g/mol. The fourth-order valence-electron chi connectivity index (χ4n) is 3.38. The Kier molecular flexibility index (Phi) is 5.88. The molecule has 1 saturated heterocycles. The first kappa shape index (κ1) is 17.7. The highest BCUT2D eigenvalue weighted by atomic mass is 16.3. The van der Waals surface area contributed by atoms with E-state index in [-0.39, 0.29) is 18.6 Å². The molecule has 1 fully saturated rings. The summed E-state index contributed by atoms with van der Waals surface area (Å²) in [5.41, 5.74) is 2.21. The summed E-state index contributed by atoms with van der Waals surface area (Å²) in [6.07, 6.45) is 9.07. The second-order valence-electron chi connectivity index (χ2n) is 6.63. The second kappa shape index (κ2) is 8.31. The van der Waals surface area contributed by atoms with E-state index in [1.165, 1.54) is 0 Å². The van der Waals surface area contributed by atoms with Gasteiger partial charge in [0, 0.05) is 64.1 Å². The molecule has 0 aromatic carbocycles. The van der Waals surface area contributed by atoms with Gasteiger partial charge in [-0.3, -0.25) is 14.4 Å². The van der Waals surface area contributed by atoms with Crippen LogP contribution in [0.25, 0.3) is 0 Å². The Hall–Kier alpha value is -2.12. The van der Waals surface area contributed by atoms with E-state index in [1.54, 1.807) is 17.2 Å². The van der Waals surface area contributed by atoms with Crippen LogP contribution in [0.4, 0.5) is 0 Å². The van der Waals surface area contributed by atoms with Crippen LogP contribution in [0.1, 0.15) is 24.0 Å². The third kappa shape index (κ3) is 4.70. The highest BCUT2D eigenvalue weighted by Crippen LogP contribution is 2.18. The number of amides is 1. The van der Waals surface area contributed by atoms with Crippen molar-refractivity contribution in [3.63, 3.8) is 0 Å². The minimum absolute atomic E-state index is 0.129. The Labute approximate surface area is 147 Å². The van der Waals surface area contributed by atoms with Gasteiger partial charge in [0.2, 0.25) is 5.91 Å². The summed E-state index contributed by atoms with van der Waals surface area (Å²) in [6, 6.07) is 2.14. The van der Waals surface area contributed by atoms with Crippen LogP contribution < -0.4 is 0 Å². The lowest BCUT2D eigenvalue weighted by Crippen LogP contribution is -2.54. The number of hydrogen-bond donors (Lipinski definition) is 1. The molecule has 0 radical (unpaired) electrons. The highest BCUT2D eigenvalue weighted by molar-refractivity contribution is 5.76. The van der Waals surface area contributed by atoms with Crippen LogP contribution in [0.2, 0.25) is 0 Å². The summed E-state index contributed by atoms with van der Waals surface area (Å²) in [4.78, 5) is 16.8. The minimum Gasteiger partial charge on any atom is -0.472 e. The van der Waals surface area contributed by atoms with Crippen LogP contribution in [-0.4, -0.2) is 62.9 Å². The molecule has 0 saturated carbocycles. The number of carbonyl (C=O) groups excluding carboxylic acids is 1. The van der Waals surface area contributed by atoms with Crippen molar-refractivity contribution < 1.29 is 14.3 Å². The quantitative estimate of drug-likeness (QED) is 0.811. The van der Waals surface area contributed by atoms with Crippen molar-refractivity contribution in [2.45, 2.75) is 31.8 Å². The van der Waals surface area contributed by atoms with Crippen molar-refractivity contribution in [3.05, 3.63) is 42.1 Å². The molecular weight excluding hydrogens is 320 g/mol. The lowest BCUT2D eigenvalue weighted by atomic mass is 10.1. The first-order valence-electron chi connectivity index (χ1n) is 8.77. The summed E-state index contributed by atoms with van der Waals surface area (Å²) in [6.45, 7) is 3.13. The predicted molar refractivity (Wildman–Crippen MR) is 92.7 cm³/mol. The maximum atomic E-state index is 12.6. The number of aryl methyl sites for hydroxylation is 2. The number of hydrogen-bond acceptors (Lipinski definition) is 5. The zero-order chi connectivity index (χ0) is 17.6. The second-order valence-corrected chi connectivity index (χ2v) is 6.63. The summed E-state index contributed by atoms with van der Waals surface area (Å²) in [5, 5.41) is 13.5. The van der Waals surface area contributed by atoms with Crippen LogP contribution in [0, 0.1) is 0 Å². The normalized spacial score (nSPS) is 18.6. The lowest BCUT2D eigenvalue weighted by molar-refractivity contribution is -0.134. The van der Waals surface area contributed by atoms with Gasteiger partial charge in [-0.1, -0.05) is 0 Å². The van der Waals surface area contributed by atoms with E-state index in [0.717, 1.165) is 30.8 Å². The molecule has 1 amide bonds. The zero-order valence-electron chi connectivity index (χ0n) is 14.7. The molecule has 1 aliphatic heterocycles. The molecule has 3 rings (SSSR count). The third-order valence-electron chi connectivity index (χ3n) is 4.77. The van der Waals surface area contributed by atoms with Crippen LogP contribution in [0.15, 0.2) is 35.4 Å². The number of aromatic nitrogens is 2. The Bertz CT molecular complexity index is 668. The lowest BCUT2D eigenvalue weighted by Gasteiger charge is -2.41. The maximum Gasteiger partial charge on any atom is 0.223 e. The van der Waals surface area contributed by atoms with E-state index in [0.29, 0.717) is 25.8 Å². The number of aliphatic hydroxyl groups is 1. The summed E-state index contributed by atoms with van der Waals surface area (Å²) in [5.74, 6) is 0.176. The average Bonchev–Trinajstić information content (AvgIpc) is 3.26. The smallest absolute Gasteiger partial charge is 0.223 e. The fourth-order valence-corrected chi connectivity index (χ4v) is 3.38. The van der Waals surface area contributed by atoms with E-state index in [9.17, 15) is 9.90 Å². The van der Waals surface area contributed by atoms with Crippen LogP contribution in [0.3, 0.4) is 0 Å². The monoisotopic (exact) mass is 346 g/mol. The van der Waals surface area contributed by atoms with Gasteiger partial charge >= 0.3 is 0 Å². The first-order chi connectivity index (χ1) is 12.2. The summed E-state index contributed by atoms with van der Waals surface area (Å²) >= 11 is 0. The minimum atomic E-state index is 0.129. The van der Waals surface area contributed by atoms with Crippen LogP contribution in [-0.2, 0) is 24.8 Å². The molecule has 136 valence electrons. The van der Waals surface area contributed by atoms with Crippen molar-refractivity contribution >= 4 is 5.91 Å². The molecule has 25 heavy (non-hydrogen) atoms. The zero-order valence-corrected chi connectivity index (χ0v) is 14.7. The van der Waals surface area contributed by atoms with Gasteiger partial charge in [-0.25, -0.2) is 0 Å². The number of piperazine rings is 1. The Morgan fingerprint density at radius 1 is 1.40 bits per heavy atom. The molecule has 2 aromatic rings. The van der Waals surface area contributed by atoms with E-state index in [4.69, 9.17) is 4.42 Å². The first-order valence-corrected chi connectivity index (χ1v) is 8.77. The number of carbonyl (C=O) groups is 1. The summed E-state index contributed by atoms with van der Waals surface area (Å²) < 4.78 is 6.89. The standard InChI is InChI=1S/C18H26N4O3/c1-20-11-15(10-19-20)2-3-18(24)22-7-6-21(17(13-22)4-8-23)12-16-5-9-25-14-16/h5,9-11,14,17,23H,2-4,6-8,12-13H2,1H3/t17-/m0/s1. The van der Waals surface area contributed by atoms with Crippen molar-refractivity contribution in [1.29, 1.82) is 0 Å². The van der Waals surface area contributed by atoms with Crippen LogP contribution >= 0.6 is 0 Å². The van der Waals surface area contributed by atoms with Gasteiger partial charge in [0.15, 0.2) is 0 Å². The van der Waals surface area contributed by atoms with E-state index in [2.05, 4.69) is 10.00 Å². The van der Waals surface area contributed by atoms with Crippen molar-refractivity contribution in [2.24, 2.45) is 7.05 Å². The van der Waals surface area contributed by atoms with Crippen molar-refractivity contribution in [3.8, 4) is 0 Å². The maximum absolute atomic E-state index is 12.6. The van der Waals surface area contributed by atoms with Crippen LogP contribution in [0.5, 0.6) is 0 Å². The molecule has 0 bridgehead atoms. The molecule has 1 N–H and O–H groups in total. The molecule has 0 unspecified atom stereocenters. The third-order valence-corrected chi connectivity index (χ3v) is 4.77. The largest absolute Gasteiger partial charge is 0.472 e. The van der Waals surface area contributed by atoms with E-state index in [1.807, 2.05) is 30.4 Å². The SMILES string of the molecule is Cn1cc(CCC(=O)N2CCN(Cc3ccoc3)[C@@H](CCO)C2)cn1. The van der Waals surface area contributed by atoms with Gasteiger partial charge in [0.25, 0.3) is 0 Å². The molecule has 2 aromatic heterocycles. The Morgan fingerprint density at radius 3 is 2.96 bits per heavy atom. The summed E-state index contributed by atoms with van der Waals surface area (Å²) in [7, 11) is 1.88. The van der Waals surface area contributed by atoms with Gasteiger partial charge in [-0.15, -0.1) is 0 Å². The molecule has 1 aliphatic rings. The molecule has 0 spiro atoms. The van der Waals surface area contributed by atoms with Crippen molar-refractivity contribution in [1.82, 2.24) is 19.6 Å². The van der Waals surface area contributed by atoms with E-state index >= 15 is 0 Å². The van der Waals surface area contributed by atoms with Gasteiger partial charge < -0.3 is 14.4 Å². The number of furan rings is 1. The molecular formula is C18H26N4O3. The van der Waals surface area contributed by atoms with Gasteiger partial charge in [0.05, 0.1) is 18.7 Å². The molecule has 3 heterocycles. The predicted octanol–water partition coefficient (Wildman–Crippen LogP) is 1.04. The highest BCUT2D eigenvalue weighted by Gasteiger charge is 2.29. The molecule has 0 aliphatic carbocycles. The fraction of sp³-hybridized carbons (Fsp3) is 0.556. The van der Waals surface area contributed by atoms with Crippen molar-refractivity contribution in [2.75, 3.05) is 26.2 Å². The number of rotatable bonds is 7. The molecule has 1 atom stereocenters.